The highest BCUT2D eigenvalue weighted by Crippen LogP contribution is 2.24. The van der Waals surface area contributed by atoms with Crippen LogP contribution in [0.3, 0.4) is 0 Å². The van der Waals surface area contributed by atoms with E-state index in [-0.39, 0.29) is 23.2 Å². The van der Waals surface area contributed by atoms with E-state index in [4.69, 9.17) is 0 Å². The van der Waals surface area contributed by atoms with E-state index in [1.165, 1.54) is 19.2 Å². The van der Waals surface area contributed by atoms with E-state index in [0.29, 0.717) is 0 Å². The molecule has 1 N–H and O–H groups in total. The molecule has 2 aromatic carbocycles. The van der Waals surface area contributed by atoms with Crippen LogP contribution in [0, 0.1) is 0 Å². The van der Waals surface area contributed by atoms with Gasteiger partial charge in [-0.2, -0.15) is 5.10 Å². The molecule has 0 radical (unpaired) electrons. The Labute approximate surface area is 133 Å². The Hall–Kier alpha value is -2.95. The molecule has 3 rings (SSSR count). The van der Waals surface area contributed by atoms with E-state index >= 15 is 0 Å². The number of hydrogen-bond acceptors (Lipinski definition) is 3. The lowest BCUT2D eigenvalue weighted by Crippen LogP contribution is -2.30. The van der Waals surface area contributed by atoms with Crippen molar-refractivity contribution in [2.24, 2.45) is 7.05 Å². The summed E-state index contributed by atoms with van der Waals surface area (Å²) in [4.78, 5) is 23.7. The maximum absolute atomic E-state index is 12.3. The summed E-state index contributed by atoms with van der Waals surface area (Å²) < 4.78 is 1.15. The number of amides is 1. The maximum Gasteiger partial charge on any atom is 0.272 e. The number of hydrogen-bond donors (Lipinski definition) is 1. The van der Waals surface area contributed by atoms with Crippen LogP contribution in [0.1, 0.15) is 29.0 Å². The Balaban J connectivity index is 1.88. The molecular weight excluding hydrogens is 290 g/mol. The monoisotopic (exact) mass is 307 g/mol. The Kier molecular flexibility index (Phi) is 3.93. The predicted octanol–water partition coefficient (Wildman–Crippen LogP) is 2.42. The zero-order valence-electron chi connectivity index (χ0n) is 13.0. The molecule has 0 fully saturated rings. The number of aromatic nitrogens is 2. The van der Waals surface area contributed by atoms with Crippen LogP contribution in [0.4, 0.5) is 0 Å². The summed E-state index contributed by atoms with van der Waals surface area (Å²) in [5, 5.41) is 9.15. The summed E-state index contributed by atoms with van der Waals surface area (Å²) in [7, 11) is 1.52. The molecule has 0 aliphatic carbocycles. The summed E-state index contributed by atoms with van der Waals surface area (Å²) in [6, 6.07) is 16.7. The quantitative estimate of drug-likeness (QED) is 0.808. The van der Waals surface area contributed by atoms with Crippen LogP contribution in [-0.4, -0.2) is 15.7 Å². The van der Waals surface area contributed by atoms with Gasteiger partial charge in [0.05, 0.1) is 6.04 Å². The van der Waals surface area contributed by atoms with Gasteiger partial charge in [-0.25, -0.2) is 4.68 Å². The fourth-order valence-corrected chi connectivity index (χ4v) is 2.60. The van der Waals surface area contributed by atoms with Gasteiger partial charge in [0.1, 0.15) is 5.69 Å². The number of aryl methyl sites for hydroxylation is 1. The minimum Gasteiger partial charge on any atom is -0.344 e. The lowest BCUT2D eigenvalue weighted by atomic mass is 9.99. The minimum absolute atomic E-state index is 0.173. The molecule has 0 bridgehead atoms. The van der Waals surface area contributed by atoms with Gasteiger partial charge in [-0.05, 0) is 29.3 Å². The number of nitrogens with one attached hydrogen (secondary N) is 1. The molecule has 116 valence electrons. The number of fused-ring (bicyclic) bond motifs is 1. The Morgan fingerprint density at radius 1 is 1.09 bits per heavy atom. The third-order valence-electron chi connectivity index (χ3n) is 3.83. The van der Waals surface area contributed by atoms with E-state index in [0.717, 1.165) is 21.0 Å². The van der Waals surface area contributed by atoms with E-state index in [2.05, 4.69) is 10.4 Å². The molecule has 5 heteroatoms. The topological polar surface area (TPSA) is 64.0 Å². The molecule has 0 saturated carbocycles. The largest absolute Gasteiger partial charge is 0.344 e. The molecule has 1 heterocycles. The van der Waals surface area contributed by atoms with Crippen LogP contribution >= 0.6 is 0 Å². The molecule has 1 amide bonds. The Morgan fingerprint density at radius 2 is 1.83 bits per heavy atom. The highest BCUT2D eigenvalue weighted by atomic mass is 16.2. The standard InChI is InChI=1S/C18H17N3O2/c1-12(14-9-5-7-13-6-3-4-8-15(13)14)19-18(23)16-10-11-17(22)21(2)20-16/h3-12H,1-2H3,(H,19,23)/t12-/m0/s1. The number of rotatable bonds is 3. The molecule has 0 saturated heterocycles. The van der Waals surface area contributed by atoms with Crippen LogP contribution in [0.5, 0.6) is 0 Å². The first-order valence-electron chi connectivity index (χ1n) is 7.39. The lowest BCUT2D eigenvalue weighted by Gasteiger charge is -2.16. The normalized spacial score (nSPS) is 12.1. The van der Waals surface area contributed by atoms with Gasteiger partial charge < -0.3 is 5.32 Å². The zero-order valence-corrected chi connectivity index (χ0v) is 13.0. The van der Waals surface area contributed by atoms with Crippen molar-refractivity contribution in [3.8, 4) is 0 Å². The van der Waals surface area contributed by atoms with Crippen molar-refractivity contribution in [3.05, 3.63) is 76.2 Å². The first-order chi connectivity index (χ1) is 11.1. The van der Waals surface area contributed by atoms with Gasteiger partial charge >= 0.3 is 0 Å². The summed E-state index contributed by atoms with van der Waals surface area (Å²) in [5.74, 6) is -0.305. The molecular formula is C18H17N3O2. The van der Waals surface area contributed by atoms with Gasteiger partial charge in [0, 0.05) is 13.1 Å². The van der Waals surface area contributed by atoms with Crippen LogP contribution in [0.15, 0.2) is 59.4 Å². The van der Waals surface area contributed by atoms with Gasteiger partial charge in [0.15, 0.2) is 0 Å². The van der Waals surface area contributed by atoms with Gasteiger partial charge in [0.2, 0.25) is 0 Å². The Bertz CT molecular complexity index is 925. The number of carbonyl (C=O) groups is 1. The van der Waals surface area contributed by atoms with Crippen molar-refractivity contribution >= 4 is 16.7 Å². The summed E-state index contributed by atoms with van der Waals surface area (Å²) >= 11 is 0. The summed E-state index contributed by atoms with van der Waals surface area (Å²) in [6.45, 7) is 1.93. The Morgan fingerprint density at radius 3 is 2.61 bits per heavy atom. The van der Waals surface area contributed by atoms with E-state index in [9.17, 15) is 9.59 Å². The van der Waals surface area contributed by atoms with E-state index in [1.807, 2.05) is 49.4 Å². The van der Waals surface area contributed by atoms with Gasteiger partial charge in [0.25, 0.3) is 11.5 Å². The van der Waals surface area contributed by atoms with Crippen molar-refractivity contribution in [2.45, 2.75) is 13.0 Å². The summed E-state index contributed by atoms with van der Waals surface area (Å²) in [6.07, 6.45) is 0. The van der Waals surface area contributed by atoms with Crippen molar-refractivity contribution in [1.29, 1.82) is 0 Å². The predicted molar refractivity (Wildman–Crippen MR) is 89.3 cm³/mol. The molecule has 0 aliphatic rings. The molecule has 0 unspecified atom stereocenters. The second-order valence-corrected chi connectivity index (χ2v) is 5.44. The van der Waals surface area contributed by atoms with Gasteiger partial charge in [-0.1, -0.05) is 42.5 Å². The van der Waals surface area contributed by atoms with Gasteiger partial charge in [-0.15, -0.1) is 0 Å². The van der Waals surface area contributed by atoms with Crippen LogP contribution in [0.25, 0.3) is 10.8 Å². The first kappa shape index (κ1) is 15.0. The molecule has 5 nitrogen and oxygen atoms in total. The van der Waals surface area contributed by atoms with Crippen molar-refractivity contribution in [2.75, 3.05) is 0 Å². The minimum atomic E-state index is -0.305. The molecule has 0 aliphatic heterocycles. The third kappa shape index (κ3) is 2.99. The van der Waals surface area contributed by atoms with Crippen LogP contribution in [0.2, 0.25) is 0 Å². The SMILES string of the molecule is C[C@H](NC(=O)c1ccc(=O)n(C)n1)c1cccc2ccccc12. The van der Waals surface area contributed by atoms with Crippen molar-refractivity contribution < 1.29 is 4.79 Å². The fourth-order valence-electron chi connectivity index (χ4n) is 2.60. The summed E-state index contributed by atoms with van der Waals surface area (Å²) in [5.41, 5.74) is 1.02. The molecule has 23 heavy (non-hydrogen) atoms. The zero-order chi connectivity index (χ0) is 16.4. The molecule has 1 aromatic heterocycles. The highest BCUT2D eigenvalue weighted by molar-refractivity contribution is 5.93. The maximum atomic E-state index is 12.3. The second-order valence-electron chi connectivity index (χ2n) is 5.44. The first-order valence-corrected chi connectivity index (χ1v) is 7.39. The van der Waals surface area contributed by atoms with Crippen LogP contribution < -0.4 is 10.9 Å². The third-order valence-corrected chi connectivity index (χ3v) is 3.83. The molecule has 0 spiro atoms. The van der Waals surface area contributed by atoms with E-state index < -0.39 is 0 Å². The van der Waals surface area contributed by atoms with Crippen LogP contribution in [-0.2, 0) is 7.05 Å². The van der Waals surface area contributed by atoms with Crippen molar-refractivity contribution in [3.63, 3.8) is 0 Å². The average Bonchev–Trinajstić information content (AvgIpc) is 2.56. The number of carbonyl (C=O) groups excluding carboxylic acids is 1. The van der Waals surface area contributed by atoms with Gasteiger partial charge in [-0.3, -0.25) is 9.59 Å². The number of nitrogens with zero attached hydrogens (tertiary/aromatic N) is 2. The second kappa shape index (κ2) is 6.04. The average molecular weight is 307 g/mol. The van der Waals surface area contributed by atoms with E-state index in [1.54, 1.807) is 0 Å². The van der Waals surface area contributed by atoms with Crippen molar-refractivity contribution in [1.82, 2.24) is 15.1 Å². The molecule has 3 aromatic rings. The molecule has 1 atom stereocenters. The smallest absolute Gasteiger partial charge is 0.272 e. The number of benzene rings is 2. The fraction of sp³-hybridized carbons (Fsp3) is 0.167. The lowest BCUT2D eigenvalue weighted by molar-refractivity contribution is 0.0932. The highest BCUT2D eigenvalue weighted by Gasteiger charge is 2.15.